The first-order chi connectivity index (χ1) is 30.1. The first-order valence-corrected chi connectivity index (χ1v) is 20.6. The monoisotopic (exact) mass is 779 g/mol. The van der Waals surface area contributed by atoms with Crippen molar-refractivity contribution in [3.8, 4) is 33.6 Å². The van der Waals surface area contributed by atoms with E-state index in [9.17, 15) is 9.59 Å². The molecule has 0 atom stereocenters. The van der Waals surface area contributed by atoms with Gasteiger partial charge in [-0.2, -0.15) is 0 Å². The third-order valence-electron chi connectivity index (χ3n) is 12.8. The summed E-state index contributed by atoms with van der Waals surface area (Å²) in [4.78, 5) is 28.0. The Kier molecular flexibility index (Phi) is 6.96. The van der Waals surface area contributed by atoms with Crippen molar-refractivity contribution in [2.45, 2.75) is 0 Å². The van der Waals surface area contributed by atoms with Gasteiger partial charge in [0.05, 0.1) is 27.6 Å². The highest BCUT2D eigenvalue weighted by Crippen LogP contribution is 2.41. The summed E-state index contributed by atoms with van der Waals surface area (Å²) in [5, 5.41) is 9.22. The molecule has 0 saturated heterocycles. The first kappa shape index (κ1) is 33.7. The molecule has 4 aromatic heterocycles. The van der Waals surface area contributed by atoms with Crippen molar-refractivity contribution in [2.24, 2.45) is 0 Å². The molecule has 0 saturated carbocycles. The van der Waals surface area contributed by atoms with Crippen LogP contribution in [0.15, 0.2) is 210 Å². The molecule has 0 aliphatic heterocycles. The summed E-state index contributed by atoms with van der Waals surface area (Å²) in [6.45, 7) is 0. The van der Waals surface area contributed by atoms with E-state index in [4.69, 9.17) is 0 Å². The fourth-order valence-electron chi connectivity index (χ4n) is 10.0. The third kappa shape index (κ3) is 4.77. The van der Waals surface area contributed by atoms with Crippen molar-refractivity contribution in [1.29, 1.82) is 0 Å². The second kappa shape index (κ2) is 12.6. The van der Waals surface area contributed by atoms with Gasteiger partial charge >= 0.3 is 0 Å². The summed E-state index contributed by atoms with van der Waals surface area (Å²) in [6, 6.07) is 69.8. The van der Waals surface area contributed by atoms with Gasteiger partial charge in [-0.1, -0.05) is 109 Å². The molecule has 61 heavy (non-hydrogen) atoms. The molecule has 0 fully saturated rings. The van der Waals surface area contributed by atoms with Crippen molar-refractivity contribution in [3.05, 3.63) is 221 Å². The Balaban J connectivity index is 1.07. The van der Waals surface area contributed by atoms with Crippen LogP contribution in [0.5, 0.6) is 0 Å². The lowest BCUT2D eigenvalue weighted by atomic mass is 9.94. The standard InChI is InChI=1S/C56H33N3O2/c60-55-43-20-9-7-17-40(43)48-32-37(33-49-41-18-8-10-21-44(41)56(61)59(55)54(48)49)36-25-28-53-47(31-36)46-30-35(24-27-52(46)58(53)39-15-5-2-6-16-39)34-23-26-51-45(29-34)42-19-11-12-22-50(42)57(51)38-13-3-1-4-14-38/h1-33H. The zero-order chi connectivity index (χ0) is 40.3. The van der Waals surface area contributed by atoms with Crippen molar-refractivity contribution in [1.82, 2.24) is 13.5 Å². The maximum absolute atomic E-state index is 14.0. The Bertz CT molecular complexity index is 3980. The number of hydrogen-bond donors (Lipinski definition) is 0. The summed E-state index contributed by atoms with van der Waals surface area (Å²) >= 11 is 0. The van der Waals surface area contributed by atoms with Crippen LogP contribution in [0.4, 0.5) is 0 Å². The molecule has 13 aromatic rings. The van der Waals surface area contributed by atoms with Crippen LogP contribution in [0.25, 0.3) is 115 Å². The fraction of sp³-hybridized carbons (Fsp3) is 0. The summed E-state index contributed by atoms with van der Waals surface area (Å²) in [5.41, 5.74) is 11.3. The molecule has 0 N–H and O–H groups in total. The number of fused-ring (bicyclic) bond motifs is 10. The van der Waals surface area contributed by atoms with Gasteiger partial charge in [-0.3, -0.25) is 9.59 Å². The molecule has 284 valence electrons. The second-order valence-corrected chi connectivity index (χ2v) is 16.0. The topological polar surface area (TPSA) is 48.4 Å². The highest BCUT2D eigenvalue weighted by atomic mass is 16.2. The average molecular weight is 780 g/mol. The van der Waals surface area contributed by atoms with E-state index in [0.717, 1.165) is 77.0 Å². The van der Waals surface area contributed by atoms with Crippen molar-refractivity contribution >= 4 is 81.4 Å². The quantitative estimate of drug-likeness (QED) is 0.132. The number of benzene rings is 9. The van der Waals surface area contributed by atoms with Crippen molar-refractivity contribution < 1.29 is 0 Å². The van der Waals surface area contributed by atoms with Crippen LogP contribution in [0.1, 0.15) is 0 Å². The minimum atomic E-state index is -0.288. The van der Waals surface area contributed by atoms with Crippen molar-refractivity contribution in [3.63, 3.8) is 0 Å². The predicted octanol–water partition coefficient (Wildman–Crippen LogP) is 13.1. The van der Waals surface area contributed by atoms with Gasteiger partial charge in [0.25, 0.3) is 11.1 Å². The minimum Gasteiger partial charge on any atom is -0.309 e. The average Bonchev–Trinajstić information content (AvgIpc) is 3.83. The van der Waals surface area contributed by atoms with Crippen LogP contribution >= 0.6 is 0 Å². The maximum atomic E-state index is 14.0. The minimum absolute atomic E-state index is 0.288. The van der Waals surface area contributed by atoms with Gasteiger partial charge in [0.15, 0.2) is 0 Å². The van der Waals surface area contributed by atoms with Crippen LogP contribution in [0.2, 0.25) is 0 Å². The summed E-state index contributed by atoms with van der Waals surface area (Å²) in [6.07, 6.45) is 0. The molecular formula is C56H33N3O2. The number of pyridine rings is 2. The van der Waals surface area contributed by atoms with E-state index in [1.165, 1.54) is 26.2 Å². The molecule has 0 radical (unpaired) electrons. The normalized spacial score (nSPS) is 12.1. The maximum Gasteiger partial charge on any atom is 0.266 e. The lowest BCUT2D eigenvalue weighted by Gasteiger charge is -2.15. The Labute approximate surface area is 348 Å². The first-order valence-electron chi connectivity index (χ1n) is 20.6. The number of nitrogens with zero attached hydrogens (tertiary/aromatic N) is 3. The van der Waals surface area contributed by atoms with E-state index in [1.807, 2.05) is 48.5 Å². The highest BCUT2D eigenvalue weighted by Gasteiger charge is 2.20. The third-order valence-corrected chi connectivity index (χ3v) is 12.8. The van der Waals surface area contributed by atoms with E-state index in [1.54, 1.807) is 0 Å². The molecule has 0 spiro atoms. The van der Waals surface area contributed by atoms with Gasteiger partial charge in [0.2, 0.25) is 0 Å². The van der Waals surface area contributed by atoms with Gasteiger partial charge < -0.3 is 9.13 Å². The molecule has 5 nitrogen and oxygen atoms in total. The molecule has 5 heteroatoms. The van der Waals surface area contributed by atoms with E-state index in [0.29, 0.717) is 16.3 Å². The Morgan fingerprint density at radius 2 is 0.607 bits per heavy atom. The smallest absolute Gasteiger partial charge is 0.266 e. The number of hydrogen-bond acceptors (Lipinski definition) is 2. The summed E-state index contributed by atoms with van der Waals surface area (Å²) in [7, 11) is 0. The van der Waals surface area contributed by atoms with E-state index < -0.39 is 0 Å². The van der Waals surface area contributed by atoms with Gasteiger partial charge in [0, 0.05) is 54.5 Å². The SMILES string of the molecule is O=c1c2ccccc2c2cc(-c3ccc4c(c3)c3cc(-c5ccc6c(c5)c5ccccc5n6-c5ccccc5)ccc3n4-c3ccccc3)cc3c4ccccc4c(=O)n1c23. The van der Waals surface area contributed by atoms with Crippen molar-refractivity contribution in [2.75, 3.05) is 0 Å². The summed E-state index contributed by atoms with van der Waals surface area (Å²) in [5.74, 6) is 0. The molecule has 0 bridgehead atoms. The van der Waals surface area contributed by atoms with Crippen LogP contribution in [-0.4, -0.2) is 13.5 Å². The lowest BCUT2D eigenvalue weighted by Crippen LogP contribution is -2.27. The molecule has 4 heterocycles. The Morgan fingerprint density at radius 1 is 0.262 bits per heavy atom. The molecule has 0 aliphatic carbocycles. The van der Waals surface area contributed by atoms with E-state index in [2.05, 4.69) is 161 Å². The van der Waals surface area contributed by atoms with Gasteiger partial charge in [-0.05, 0) is 124 Å². The number of para-hydroxylation sites is 3. The molecule has 13 rings (SSSR count). The van der Waals surface area contributed by atoms with Crippen LogP contribution in [0, 0.1) is 0 Å². The molecule has 9 aromatic carbocycles. The molecule has 0 aliphatic rings. The fourth-order valence-corrected chi connectivity index (χ4v) is 10.0. The van der Waals surface area contributed by atoms with E-state index >= 15 is 0 Å². The predicted molar refractivity (Wildman–Crippen MR) is 253 cm³/mol. The van der Waals surface area contributed by atoms with E-state index in [-0.39, 0.29) is 11.1 Å². The lowest BCUT2D eigenvalue weighted by molar-refractivity contribution is 1.09. The van der Waals surface area contributed by atoms with Crippen LogP contribution in [0.3, 0.4) is 0 Å². The molecule has 0 amide bonds. The second-order valence-electron chi connectivity index (χ2n) is 16.0. The molecule has 0 unspecified atom stereocenters. The Morgan fingerprint density at radius 3 is 1.08 bits per heavy atom. The highest BCUT2D eigenvalue weighted by molar-refractivity contribution is 6.20. The number of aromatic nitrogens is 3. The zero-order valence-electron chi connectivity index (χ0n) is 32.7. The van der Waals surface area contributed by atoms with Gasteiger partial charge in [-0.15, -0.1) is 0 Å². The summed E-state index contributed by atoms with van der Waals surface area (Å²) < 4.78 is 6.09. The Hall–Kier alpha value is -8.28. The van der Waals surface area contributed by atoms with Gasteiger partial charge in [-0.25, -0.2) is 4.40 Å². The number of rotatable bonds is 4. The molecular weight excluding hydrogens is 747 g/mol. The van der Waals surface area contributed by atoms with Crippen LogP contribution < -0.4 is 11.1 Å². The van der Waals surface area contributed by atoms with Crippen LogP contribution in [-0.2, 0) is 0 Å². The van der Waals surface area contributed by atoms with Gasteiger partial charge in [0.1, 0.15) is 0 Å². The zero-order valence-corrected chi connectivity index (χ0v) is 32.7. The largest absolute Gasteiger partial charge is 0.309 e.